The molecular weight excluding hydrogens is 444 g/mol. The van der Waals surface area contributed by atoms with E-state index in [0.29, 0.717) is 17.9 Å². The number of nitrogens with one attached hydrogen (secondary N) is 3. The van der Waals surface area contributed by atoms with Gasteiger partial charge in [-0.05, 0) is 56.3 Å². The largest absolute Gasteiger partial charge is 0.449 e. The lowest BCUT2D eigenvalue weighted by Gasteiger charge is -2.14. The molecular formula is C23H22N4O7. The second-order valence-corrected chi connectivity index (χ2v) is 7.33. The van der Waals surface area contributed by atoms with Crippen LogP contribution in [0.1, 0.15) is 51.8 Å². The number of benzene rings is 2. The summed E-state index contributed by atoms with van der Waals surface area (Å²) < 4.78 is 5.08. The Hall–Kier alpha value is -4.54. The average Bonchev–Trinajstić information content (AvgIpc) is 3.03. The molecule has 2 aromatic carbocycles. The van der Waals surface area contributed by atoms with E-state index in [0.717, 1.165) is 4.90 Å². The number of rotatable bonds is 6. The molecule has 0 aliphatic carbocycles. The van der Waals surface area contributed by atoms with Gasteiger partial charge in [0.05, 0.1) is 22.4 Å². The van der Waals surface area contributed by atoms with E-state index in [1.807, 2.05) is 5.32 Å². The summed E-state index contributed by atoms with van der Waals surface area (Å²) in [6.45, 7) is 4.64. The molecule has 34 heavy (non-hydrogen) atoms. The number of hydrogen-bond donors (Lipinski definition) is 3. The standard InChI is InChI=1S/C23H22N4O7/c1-4-24-23(33)26-19(29)12(2)34-22(32)14-5-10-17-18(11-14)21(31)27(20(17)30)16-8-6-15(7-9-16)25-13(3)28/h5-12H,4H2,1-3H3,(H,25,28)(H2,24,26,29,33). The van der Waals surface area contributed by atoms with E-state index in [1.165, 1.54) is 44.2 Å². The number of ether oxygens (including phenoxy) is 1. The van der Waals surface area contributed by atoms with Crippen LogP contribution in [0, 0.1) is 0 Å². The third-order valence-corrected chi connectivity index (χ3v) is 4.80. The smallest absolute Gasteiger partial charge is 0.338 e. The number of carbonyl (C=O) groups is 6. The van der Waals surface area contributed by atoms with Gasteiger partial charge < -0.3 is 15.4 Å². The normalized spacial score (nSPS) is 13.1. The first-order valence-electron chi connectivity index (χ1n) is 10.3. The second-order valence-electron chi connectivity index (χ2n) is 7.33. The van der Waals surface area contributed by atoms with Crippen LogP contribution in [-0.2, 0) is 14.3 Å². The molecule has 11 heteroatoms. The number of hydrogen-bond acceptors (Lipinski definition) is 7. The van der Waals surface area contributed by atoms with Gasteiger partial charge in [0, 0.05) is 19.2 Å². The van der Waals surface area contributed by atoms with Crippen molar-refractivity contribution in [3.8, 4) is 0 Å². The maximum Gasteiger partial charge on any atom is 0.338 e. The molecule has 0 bridgehead atoms. The summed E-state index contributed by atoms with van der Waals surface area (Å²) in [5, 5.41) is 7.01. The van der Waals surface area contributed by atoms with Crippen molar-refractivity contribution in [1.82, 2.24) is 10.6 Å². The van der Waals surface area contributed by atoms with Crippen LogP contribution in [0.4, 0.5) is 16.2 Å². The number of nitrogens with zero attached hydrogens (tertiary/aromatic N) is 1. The maximum atomic E-state index is 12.9. The molecule has 1 aliphatic heterocycles. The van der Waals surface area contributed by atoms with Crippen LogP contribution in [0.2, 0.25) is 0 Å². The number of esters is 1. The molecule has 0 aromatic heterocycles. The van der Waals surface area contributed by atoms with Gasteiger partial charge in [0.1, 0.15) is 0 Å². The Morgan fingerprint density at radius 1 is 0.971 bits per heavy atom. The first-order valence-corrected chi connectivity index (χ1v) is 10.3. The highest BCUT2D eigenvalue weighted by molar-refractivity contribution is 6.34. The Morgan fingerprint density at radius 3 is 2.24 bits per heavy atom. The van der Waals surface area contributed by atoms with Gasteiger partial charge in [0.25, 0.3) is 17.7 Å². The van der Waals surface area contributed by atoms with Crippen molar-refractivity contribution in [3.05, 3.63) is 59.2 Å². The molecule has 2 aromatic rings. The third kappa shape index (κ3) is 5.09. The number of imide groups is 2. The summed E-state index contributed by atoms with van der Waals surface area (Å²) in [6.07, 6.45) is -1.28. The fourth-order valence-electron chi connectivity index (χ4n) is 3.20. The number of fused-ring (bicyclic) bond motifs is 1. The lowest BCUT2D eigenvalue weighted by molar-refractivity contribution is -0.127. The summed E-state index contributed by atoms with van der Waals surface area (Å²) in [4.78, 5) is 73.8. The molecule has 3 N–H and O–H groups in total. The first kappa shape index (κ1) is 24.1. The second kappa shape index (κ2) is 9.94. The molecule has 0 saturated carbocycles. The summed E-state index contributed by atoms with van der Waals surface area (Å²) in [6, 6.07) is 9.27. The summed E-state index contributed by atoms with van der Waals surface area (Å²) in [5.41, 5.74) is 0.864. The Kier molecular flexibility index (Phi) is 7.05. The Bertz CT molecular complexity index is 1190. The predicted molar refractivity (Wildman–Crippen MR) is 120 cm³/mol. The highest BCUT2D eigenvalue weighted by atomic mass is 16.5. The van der Waals surface area contributed by atoms with Gasteiger partial charge in [-0.1, -0.05) is 0 Å². The van der Waals surface area contributed by atoms with Crippen molar-refractivity contribution < 1.29 is 33.5 Å². The summed E-state index contributed by atoms with van der Waals surface area (Å²) in [7, 11) is 0. The van der Waals surface area contributed by atoms with Crippen LogP contribution in [0.5, 0.6) is 0 Å². The molecule has 0 saturated heterocycles. The van der Waals surface area contributed by atoms with E-state index >= 15 is 0 Å². The molecule has 0 fully saturated rings. The van der Waals surface area contributed by atoms with E-state index in [4.69, 9.17) is 4.74 Å². The number of carbonyl (C=O) groups excluding carboxylic acids is 6. The quantitative estimate of drug-likeness (QED) is 0.434. The minimum Gasteiger partial charge on any atom is -0.449 e. The predicted octanol–water partition coefficient (Wildman–Crippen LogP) is 1.84. The molecule has 11 nitrogen and oxygen atoms in total. The van der Waals surface area contributed by atoms with E-state index in [-0.39, 0.29) is 22.6 Å². The van der Waals surface area contributed by atoms with Crippen LogP contribution in [0.3, 0.4) is 0 Å². The molecule has 1 heterocycles. The molecule has 0 radical (unpaired) electrons. The first-order chi connectivity index (χ1) is 16.1. The molecule has 1 unspecified atom stereocenters. The number of anilines is 2. The van der Waals surface area contributed by atoms with Crippen LogP contribution in [0.15, 0.2) is 42.5 Å². The summed E-state index contributed by atoms with van der Waals surface area (Å²) in [5.74, 6) is -3.19. The average molecular weight is 466 g/mol. The highest BCUT2D eigenvalue weighted by Crippen LogP contribution is 2.30. The minimum absolute atomic E-state index is 0.00446. The van der Waals surface area contributed by atoms with Crippen molar-refractivity contribution in [3.63, 3.8) is 0 Å². The maximum absolute atomic E-state index is 12.9. The van der Waals surface area contributed by atoms with E-state index in [1.54, 1.807) is 19.1 Å². The monoisotopic (exact) mass is 466 g/mol. The molecule has 0 spiro atoms. The Balaban J connectivity index is 1.74. The summed E-state index contributed by atoms with van der Waals surface area (Å²) >= 11 is 0. The van der Waals surface area contributed by atoms with Crippen molar-refractivity contribution in [2.75, 3.05) is 16.8 Å². The molecule has 176 valence electrons. The lowest BCUT2D eigenvalue weighted by Crippen LogP contribution is -2.44. The Morgan fingerprint density at radius 2 is 1.62 bits per heavy atom. The van der Waals surface area contributed by atoms with Crippen molar-refractivity contribution in [2.24, 2.45) is 0 Å². The van der Waals surface area contributed by atoms with E-state index < -0.39 is 35.8 Å². The van der Waals surface area contributed by atoms with Gasteiger partial charge in [-0.3, -0.25) is 24.5 Å². The minimum atomic E-state index is -1.28. The van der Waals surface area contributed by atoms with Gasteiger partial charge in [-0.2, -0.15) is 0 Å². The topological polar surface area (TPSA) is 151 Å². The van der Waals surface area contributed by atoms with Gasteiger partial charge in [-0.15, -0.1) is 0 Å². The third-order valence-electron chi connectivity index (χ3n) is 4.80. The molecule has 6 amide bonds. The van der Waals surface area contributed by atoms with Gasteiger partial charge in [0.2, 0.25) is 5.91 Å². The van der Waals surface area contributed by atoms with Crippen LogP contribution < -0.4 is 20.9 Å². The van der Waals surface area contributed by atoms with Gasteiger partial charge in [-0.25, -0.2) is 14.5 Å². The molecule has 3 rings (SSSR count). The van der Waals surface area contributed by atoms with Crippen LogP contribution in [-0.4, -0.2) is 48.3 Å². The highest BCUT2D eigenvalue weighted by Gasteiger charge is 2.37. The zero-order chi connectivity index (χ0) is 25.0. The number of amides is 6. The van der Waals surface area contributed by atoms with Crippen LogP contribution >= 0.6 is 0 Å². The van der Waals surface area contributed by atoms with Crippen LogP contribution in [0.25, 0.3) is 0 Å². The SMILES string of the molecule is CCNC(=O)NC(=O)C(C)OC(=O)c1ccc2c(c1)C(=O)N(c1ccc(NC(C)=O)cc1)C2=O. The lowest BCUT2D eigenvalue weighted by atomic mass is 10.1. The fraction of sp³-hybridized carbons (Fsp3) is 0.217. The molecule has 1 aliphatic rings. The van der Waals surface area contributed by atoms with Gasteiger partial charge in [0.15, 0.2) is 6.10 Å². The fourth-order valence-corrected chi connectivity index (χ4v) is 3.20. The zero-order valence-corrected chi connectivity index (χ0v) is 18.6. The number of urea groups is 1. The van der Waals surface area contributed by atoms with Crippen molar-refractivity contribution in [1.29, 1.82) is 0 Å². The van der Waals surface area contributed by atoms with Crippen molar-refractivity contribution >= 4 is 47.0 Å². The van der Waals surface area contributed by atoms with E-state index in [2.05, 4.69) is 10.6 Å². The molecule has 1 atom stereocenters. The van der Waals surface area contributed by atoms with Crippen molar-refractivity contribution in [2.45, 2.75) is 26.9 Å². The van der Waals surface area contributed by atoms with Gasteiger partial charge >= 0.3 is 12.0 Å². The zero-order valence-electron chi connectivity index (χ0n) is 18.6. The Labute approximate surface area is 194 Å². The van der Waals surface area contributed by atoms with E-state index in [9.17, 15) is 28.8 Å².